The maximum absolute atomic E-state index is 11.1. The Kier molecular flexibility index (Phi) is 4.26. The van der Waals surface area contributed by atoms with E-state index in [2.05, 4.69) is 20.8 Å². The molecule has 0 fully saturated rings. The predicted octanol–water partition coefficient (Wildman–Crippen LogP) is -0.947. The van der Waals surface area contributed by atoms with Crippen LogP contribution in [-0.2, 0) is 15.5 Å². The van der Waals surface area contributed by atoms with Crippen LogP contribution in [0.5, 0.6) is 0 Å². The van der Waals surface area contributed by atoms with E-state index in [1.54, 1.807) is 6.07 Å². The molecule has 2 rings (SSSR count). The van der Waals surface area contributed by atoms with Crippen molar-refractivity contribution < 1.29 is 42.5 Å². The van der Waals surface area contributed by atoms with Gasteiger partial charge in [0.15, 0.2) is 0 Å². The average molecular weight is 278 g/mol. The molecule has 0 aliphatic carbocycles. The minimum atomic E-state index is -4.13. The van der Waals surface area contributed by atoms with Gasteiger partial charge in [-0.2, -0.15) is 8.42 Å². The van der Waals surface area contributed by atoms with E-state index in [9.17, 15) is 8.42 Å². The largest absolute Gasteiger partial charge is 1.00 e. The van der Waals surface area contributed by atoms with E-state index < -0.39 is 10.1 Å². The Morgan fingerprint density at radius 1 is 1.33 bits per heavy atom. The van der Waals surface area contributed by atoms with Crippen molar-refractivity contribution in [2.45, 2.75) is 37.1 Å². The Bertz CT molecular complexity index is 569. The summed E-state index contributed by atoms with van der Waals surface area (Å²) < 4.78 is 31.3. The van der Waals surface area contributed by atoms with Crippen molar-refractivity contribution in [3.05, 3.63) is 23.8 Å². The van der Waals surface area contributed by atoms with Gasteiger partial charge in [0.05, 0.1) is 4.90 Å². The van der Waals surface area contributed by atoms with Crippen LogP contribution in [0.2, 0.25) is 0 Å². The molecular formula is C12H17NNaO3S+. The summed E-state index contributed by atoms with van der Waals surface area (Å²) in [6, 6.07) is 5.07. The molecule has 1 unspecified atom stereocenters. The number of likely N-dealkylation sites (N-methyl/N-ethyl adjacent to an activating group) is 1. The fraction of sp³-hybridized carbons (Fsp3) is 0.500. The summed E-state index contributed by atoms with van der Waals surface area (Å²) in [7, 11) is -2.19. The molecule has 1 aromatic carbocycles. The Morgan fingerprint density at radius 3 is 2.39 bits per heavy atom. The molecule has 1 aromatic rings. The Hall–Kier alpha value is -0.0700. The summed E-state index contributed by atoms with van der Waals surface area (Å²) in [4.78, 5) is 2.00. The van der Waals surface area contributed by atoms with Gasteiger partial charge in [-0.15, -0.1) is 0 Å². The quantitative estimate of drug-likeness (QED) is 0.532. The molecule has 1 aliphatic rings. The van der Waals surface area contributed by atoms with Crippen molar-refractivity contribution in [1.29, 1.82) is 0 Å². The maximum Gasteiger partial charge on any atom is 1.00 e. The van der Waals surface area contributed by atoms with Crippen molar-refractivity contribution in [3.63, 3.8) is 0 Å². The van der Waals surface area contributed by atoms with E-state index in [1.807, 2.05) is 11.9 Å². The predicted molar refractivity (Wildman–Crippen MR) is 67.1 cm³/mol. The topological polar surface area (TPSA) is 57.6 Å². The maximum atomic E-state index is 11.1. The van der Waals surface area contributed by atoms with Crippen LogP contribution in [-0.4, -0.2) is 26.1 Å². The van der Waals surface area contributed by atoms with Gasteiger partial charge < -0.3 is 4.90 Å². The molecule has 0 radical (unpaired) electrons. The third kappa shape index (κ3) is 2.34. The smallest absolute Gasteiger partial charge is 0.371 e. The van der Waals surface area contributed by atoms with E-state index in [1.165, 1.54) is 12.1 Å². The van der Waals surface area contributed by atoms with E-state index in [-0.39, 0.29) is 45.9 Å². The molecule has 0 spiro atoms. The minimum Gasteiger partial charge on any atom is -0.371 e. The molecule has 1 aliphatic heterocycles. The number of rotatable bonds is 1. The number of benzene rings is 1. The van der Waals surface area contributed by atoms with E-state index in [0.29, 0.717) is 0 Å². The van der Waals surface area contributed by atoms with Crippen molar-refractivity contribution >= 4 is 15.8 Å². The standard InChI is InChI=1S/C12H17NO3S.Na/c1-8-12(2,3)10-6-5-9(17(14,15)16)7-11(10)13(8)4;/h5-8H,1-4H3,(H,14,15,16);/q;+1. The summed E-state index contributed by atoms with van der Waals surface area (Å²) >= 11 is 0. The third-order valence-corrected chi connectivity index (χ3v) is 4.82. The molecule has 4 nitrogen and oxygen atoms in total. The first-order chi connectivity index (χ1) is 7.65. The van der Waals surface area contributed by atoms with Crippen LogP contribution < -0.4 is 34.5 Å². The van der Waals surface area contributed by atoms with Crippen molar-refractivity contribution in [1.82, 2.24) is 0 Å². The van der Waals surface area contributed by atoms with Crippen molar-refractivity contribution in [3.8, 4) is 0 Å². The molecule has 18 heavy (non-hydrogen) atoms. The SMILES string of the molecule is CC1N(C)c2cc(S(=O)(=O)O)ccc2C1(C)C.[Na+]. The number of hydrogen-bond acceptors (Lipinski definition) is 3. The molecule has 0 amide bonds. The van der Waals surface area contributed by atoms with Gasteiger partial charge in [-0.1, -0.05) is 19.9 Å². The van der Waals surface area contributed by atoms with Crippen LogP contribution in [0.3, 0.4) is 0 Å². The molecule has 1 heterocycles. The van der Waals surface area contributed by atoms with Gasteiger partial charge >= 0.3 is 29.6 Å². The van der Waals surface area contributed by atoms with Gasteiger partial charge in [0.25, 0.3) is 10.1 Å². The zero-order chi connectivity index (χ0) is 13.0. The Labute approximate surface area is 130 Å². The molecule has 6 heteroatoms. The molecule has 0 bridgehead atoms. The fourth-order valence-corrected chi connectivity index (χ4v) is 2.93. The molecule has 0 saturated heterocycles. The first-order valence-electron chi connectivity index (χ1n) is 5.50. The molecule has 1 atom stereocenters. The average Bonchev–Trinajstić information content (AvgIpc) is 2.39. The van der Waals surface area contributed by atoms with Gasteiger partial charge in [-0.05, 0) is 24.6 Å². The zero-order valence-electron chi connectivity index (χ0n) is 11.4. The minimum absolute atomic E-state index is 0. The molecule has 1 N–H and O–H groups in total. The Morgan fingerprint density at radius 2 is 1.89 bits per heavy atom. The molecule has 0 saturated carbocycles. The van der Waals surface area contributed by atoms with Gasteiger partial charge in [0, 0.05) is 24.2 Å². The Balaban J connectivity index is 0.00000162. The summed E-state index contributed by atoms with van der Waals surface area (Å²) in [5.74, 6) is 0. The van der Waals surface area contributed by atoms with Gasteiger partial charge in [-0.3, -0.25) is 4.55 Å². The van der Waals surface area contributed by atoms with Crippen molar-refractivity contribution in [2.24, 2.45) is 0 Å². The van der Waals surface area contributed by atoms with E-state index in [4.69, 9.17) is 4.55 Å². The van der Waals surface area contributed by atoms with Crippen LogP contribution >= 0.6 is 0 Å². The van der Waals surface area contributed by atoms with E-state index in [0.717, 1.165) is 11.3 Å². The fourth-order valence-electron chi connectivity index (χ4n) is 2.43. The summed E-state index contributed by atoms with van der Waals surface area (Å²) in [6.07, 6.45) is 0. The van der Waals surface area contributed by atoms with Gasteiger partial charge in [0.2, 0.25) is 0 Å². The third-order valence-electron chi connectivity index (χ3n) is 3.97. The number of anilines is 1. The van der Waals surface area contributed by atoms with Crippen LogP contribution in [0.4, 0.5) is 5.69 Å². The summed E-state index contributed by atoms with van der Waals surface area (Å²) in [5, 5.41) is 0. The molecule has 94 valence electrons. The second-order valence-electron chi connectivity index (χ2n) is 5.16. The normalized spacial score (nSPS) is 21.4. The summed E-state index contributed by atoms with van der Waals surface area (Å²) in [5.41, 5.74) is 1.96. The van der Waals surface area contributed by atoms with Gasteiger partial charge in [-0.25, -0.2) is 0 Å². The van der Waals surface area contributed by atoms with Crippen LogP contribution in [0.25, 0.3) is 0 Å². The molecule has 0 aromatic heterocycles. The molecular weight excluding hydrogens is 261 g/mol. The van der Waals surface area contributed by atoms with Crippen LogP contribution in [0, 0.1) is 0 Å². The first kappa shape index (κ1) is 16.0. The second kappa shape index (κ2) is 4.80. The zero-order valence-corrected chi connectivity index (χ0v) is 14.2. The second-order valence-corrected chi connectivity index (χ2v) is 6.58. The van der Waals surface area contributed by atoms with Crippen LogP contribution in [0.15, 0.2) is 23.1 Å². The van der Waals surface area contributed by atoms with Crippen LogP contribution in [0.1, 0.15) is 26.3 Å². The summed E-state index contributed by atoms with van der Waals surface area (Å²) in [6.45, 7) is 6.37. The number of nitrogens with zero attached hydrogens (tertiary/aromatic N) is 1. The van der Waals surface area contributed by atoms with Crippen molar-refractivity contribution in [2.75, 3.05) is 11.9 Å². The monoisotopic (exact) mass is 278 g/mol. The number of hydrogen-bond donors (Lipinski definition) is 1. The number of fused-ring (bicyclic) bond motifs is 1. The van der Waals surface area contributed by atoms with E-state index >= 15 is 0 Å². The van der Waals surface area contributed by atoms with Gasteiger partial charge in [0.1, 0.15) is 0 Å². The first-order valence-corrected chi connectivity index (χ1v) is 6.94.